The first kappa shape index (κ1) is 14.8. The zero-order valence-electron chi connectivity index (χ0n) is 10.4. The van der Waals surface area contributed by atoms with Gasteiger partial charge in [0.1, 0.15) is 5.60 Å². The molecule has 1 aliphatic rings. The Morgan fingerprint density at radius 3 is 2.68 bits per heavy atom. The molecule has 6 heteroatoms. The number of halogens is 2. The van der Waals surface area contributed by atoms with E-state index < -0.39 is 11.5 Å². The first-order chi connectivity index (χ1) is 8.92. The number of carbonyl (C=O) groups excluding carboxylic acids is 1. The lowest BCUT2D eigenvalue weighted by molar-refractivity contribution is -0.141. The molecule has 1 aliphatic heterocycles. The Kier molecular flexibility index (Phi) is 4.50. The molecule has 0 aromatic heterocycles. The molecule has 1 aromatic rings. The van der Waals surface area contributed by atoms with Crippen LogP contribution in [0.1, 0.15) is 18.4 Å². The number of piperidine rings is 1. The Morgan fingerprint density at radius 1 is 1.47 bits per heavy atom. The standard InChI is InChI=1S/C13H16BrClN2O2/c14-11-9(2-1-3-10(11)15)8-17-6-4-13(19,5-7-17)12(16)18/h1-3,19H,4-8H2,(H2,16,18). The number of hydrogen-bond donors (Lipinski definition) is 2. The molecule has 1 saturated heterocycles. The molecule has 1 heterocycles. The second kappa shape index (κ2) is 5.79. The molecular formula is C13H16BrClN2O2. The summed E-state index contributed by atoms with van der Waals surface area (Å²) >= 11 is 9.52. The molecule has 0 saturated carbocycles. The average Bonchev–Trinajstić information content (AvgIpc) is 2.37. The first-order valence-corrected chi connectivity index (χ1v) is 7.27. The minimum atomic E-state index is -1.35. The fourth-order valence-electron chi connectivity index (χ4n) is 2.24. The molecule has 4 nitrogen and oxygen atoms in total. The maximum Gasteiger partial charge on any atom is 0.249 e. The molecule has 1 aromatic carbocycles. The second-order valence-electron chi connectivity index (χ2n) is 4.88. The van der Waals surface area contributed by atoms with Gasteiger partial charge in [0.25, 0.3) is 0 Å². The normalized spacial score (nSPS) is 19.3. The number of primary amides is 1. The van der Waals surface area contributed by atoms with Crippen LogP contribution in [0.25, 0.3) is 0 Å². The largest absolute Gasteiger partial charge is 0.380 e. The number of aliphatic hydroxyl groups is 1. The number of carbonyl (C=O) groups is 1. The smallest absolute Gasteiger partial charge is 0.249 e. The monoisotopic (exact) mass is 346 g/mol. The van der Waals surface area contributed by atoms with Crippen molar-refractivity contribution < 1.29 is 9.90 Å². The highest BCUT2D eigenvalue weighted by Gasteiger charge is 2.37. The number of nitrogens with two attached hydrogens (primary N) is 1. The van der Waals surface area contributed by atoms with Crippen molar-refractivity contribution >= 4 is 33.4 Å². The van der Waals surface area contributed by atoms with Crippen molar-refractivity contribution in [3.05, 3.63) is 33.3 Å². The Hall–Kier alpha value is -0.620. The summed E-state index contributed by atoms with van der Waals surface area (Å²) in [7, 11) is 0. The Morgan fingerprint density at radius 2 is 2.11 bits per heavy atom. The van der Waals surface area contributed by atoms with Gasteiger partial charge in [-0.15, -0.1) is 0 Å². The van der Waals surface area contributed by atoms with Gasteiger partial charge in [0.2, 0.25) is 5.91 Å². The van der Waals surface area contributed by atoms with Crippen LogP contribution in [-0.4, -0.2) is 34.6 Å². The molecule has 104 valence electrons. The van der Waals surface area contributed by atoms with E-state index in [-0.39, 0.29) is 0 Å². The third-order valence-corrected chi connectivity index (χ3v) is 5.05. The molecule has 0 atom stereocenters. The quantitative estimate of drug-likeness (QED) is 0.878. The molecule has 19 heavy (non-hydrogen) atoms. The van der Waals surface area contributed by atoms with Gasteiger partial charge in [-0.1, -0.05) is 23.7 Å². The number of hydrogen-bond acceptors (Lipinski definition) is 3. The maximum atomic E-state index is 11.2. The summed E-state index contributed by atoms with van der Waals surface area (Å²) in [5, 5.41) is 10.7. The zero-order valence-corrected chi connectivity index (χ0v) is 12.7. The summed E-state index contributed by atoms with van der Waals surface area (Å²) in [5.41, 5.74) is 4.96. The van der Waals surface area contributed by atoms with E-state index in [1.807, 2.05) is 18.2 Å². The molecule has 3 N–H and O–H groups in total. The number of nitrogens with zero attached hydrogens (tertiary/aromatic N) is 1. The SMILES string of the molecule is NC(=O)C1(O)CCN(Cc2cccc(Cl)c2Br)CC1. The fourth-order valence-corrected chi connectivity index (χ4v) is 2.82. The van der Waals surface area contributed by atoms with Crippen LogP contribution in [0.3, 0.4) is 0 Å². The summed E-state index contributed by atoms with van der Waals surface area (Å²) in [6.07, 6.45) is 0.751. The summed E-state index contributed by atoms with van der Waals surface area (Å²) < 4.78 is 0.896. The van der Waals surface area contributed by atoms with Crippen molar-refractivity contribution in [1.29, 1.82) is 0 Å². The highest BCUT2D eigenvalue weighted by molar-refractivity contribution is 9.10. The van der Waals surface area contributed by atoms with Gasteiger partial charge in [0.05, 0.1) is 5.02 Å². The van der Waals surface area contributed by atoms with Crippen LogP contribution < -0.4 is 5.73 Å². The van der Waals surface area contributed by atoms with Crippen LogP contribution in [0.4, 0.5) is 0 Å². The van der Waals surface area contributed by atoms with E-state index >= 15 is 0 Å². The van der Waals surface area contributed by atoms with Gasteiger partial charge < -0.3 is 10.8 Å². The van der Waals surface area contributed by atoms with Crippen LogP contribution in [0, 0.1) is 0 Å². The molecule has 2 rings (SSSR count). The van der Waals surface area contributed by atoms with Crippen molar-refractivity contribution in [1.82, 2.24) is 4.90 Å². The topological polar surface area (TPSA) is 66.6 Å². The van der Waals surface area contributed by atoms with Gasteiger partial charge in [0, 0.05) is 24.1 Å². The Bertz CT molecular complexity index is 488. The number of amides is 1. The van der Waals surface area contributed by atoms with Crippen LogP contribution >= 0.6 is 27.5 Å². The van der Waals surface area contributed by atoms with Crippen molar-refractivity contribution in [2.24, 2.45) is 5.73 Å². The fraction of sp³-hybridized carbons (Fsp3) is 0.462. The first-order valence-electron chi connectivity index (χ1n) is 6.10. The number of benzene rings is 1. The molecule has 1 amide bonds. The van der Waals surface area contributed by atoms with E-state index in [0.29, 0.717) is 31.0 Å². The van der Waals surface area contributed by atoms with Gasteiger partial charge in [-0.2, -0.15) is 0 Å². The average molecular weight is 348 g/mol. The summed E-state index contributed by atoms with van der Waals surface area (Å²) in [5.74, 6) is -0.629. The van der Waals surface area contributed by atoms with E-state index in [4.69, 9.17) is 17.3 Å². The maximum absolute atomic E-state index is 11.2. The summed E-state index contributed by atoms with van der Waals surface area (Å²) in [6.45, 7) is 2.01. The summed E-state index contributed by atoms with van der Waals surface area (Å²) in [6, 6.07) is 5.74. The van der Waals surface area contributed by atoms with Gasteiger partial charge in [-0.25, -0.2) is 0 Å². The van der Waals surface area contributed by atoms with Gasteiger partial charge >= 0.3 is 0 Å². The molecule has 0 bridgehead atoms. The van der Waals surface area contributed by atoms with Crippen LogP contribution in [0.2, 0.25) is 5.02 Å². The van der Waals surface area contributed by atoms with Crippen molar-refractivity contribution in [2.45, 2.75) is 25.0 Å². The van der Waals surface area contributed by atoms with E-state index in [0.717, 1.165) is 16.6 Å². The number of likely N-dealkylation sites (tertiary alicyclic amines) is 1. The minimum absolute atomic E-state index is 0.376. The molecular weight excluding hydrogens is 332 g/mol. The highest BCUT2D eigenvalue weighted by Crippen LogP contribution is 2.29. The summed E-state index contributed by atoms with van der Waals surface area (Å²) in [4.78, 5) is 13.3. The molecule has 0 radical (unpaired) electrons. The zero-order chi connectivity index (χ0) is 14.0. The van der Waals surface area contributed by atoms with Gasteiger partial charge in [-0.05, 0) is 40.4 Å². The van der Waals surface area contributed by atoms with Gasteiger partial charge in [-0.3, -0.25) is 9.69 Å². The second-order valence-corrected chi connectivity index (χ2v) is 6.09. The van der Waals surface area contributed by atoms with E-state index in [9.17, 15) is 9.90 Å². The highest BCUT2D eigenvalue weighted by atomic mass is 79.9. The van der Waals surface area contributed by atoms with Crippen LogP contribution in [0.5, 0.6) is 0 Å². The third-order valence-electron chi connectivity index (χ3n) is 3.57. The van der Waals surface area contributed by atoms with Crippen molar-refractivity contribution in [3.8, 4) is 0 Å². The molecule has 0 aliphatic carbocycles. The van der Waals surface area contributed by atoms with Crippen molar-refractivity contribution in [3.63, 3.8) is 0 Å². The third kappa shape index (κ3) is 3.28. The minimum Gasteiger partial charge on any atom is -0.380 e. The van der Waals surface area contributed by atoms with Crippen molar-refractivity contribution in [2.75, 3.05) is 13.1 Å². The van der Waals surface area contributed by atoms with Gasteiger partial charge in [0.15, 0.2) is 0 Å². The van der Waals surface area contributed by atoms with E-state index in [1.165, 1.54) is 0 Å². The Balaban J connectivity index is 2.00. The lowest BCUT2D eigenvalue weighted by Gasteiger charge is -2.36. The van der Waals surface area contributed by atoms with Crippen LogP contribution in [-0.2, 0) is 11.3 Å². The predicted molar refractivity (Wildman–Crippen MR) is 77.8 cm³/mol. The van der Waals surface area contributed by atoms with E-state index in [1.54, 1.807) is 0 Å². The lowest BCUT2D eigenvalue weighted by Crippen LogP contribution is -2.51. The molecule has 0 spiro atoms. The Labute approximate surface area is 125 Å². The number of rotatable bonds is 3. The lowest BCUT2D eigenvalue weighted by atomic mass is 9.90. The van der Waals surface area contributed by atoms with E-state index in [2.05, 4.69) is 20.8 Å². The molecule has 1 fully saturated rings. The van der Waals surface area contributed by atoms with Crippen LogP contribution in [0.15, 0.2) is 22.7 Å². The predicted octanol–water partition coefficient (Wildman–Crippen LogP) is 1.91. The molecule has 0 unspecified atom stereocenters.